The molecular formula is C18H11Cl2. The smallest absolute Gasteiger partial charge is 0.0499 e. The summed E-state index contributed by atoms with van der Waals surface area (Å²) < 4.78 is 0. The molecule has 0 atom stereocenters. The van der Waals surface area contributed by atoms with E-state index in [-0.39, 0.29) is 0 Å². The quantitative estimate of drug-likeness (QED) is 0.534. The van der Waals surface area contributed by atoms with Crippen LogP contribution in [0.1, 0.15) is 0 Å². The van der Waals surface area contributed by atoms with Crippen molar-refractivity contribution in [3.63, 3.8) is 0 Å². The van der Waals surface area contributed by atoms with Crippen LogP contribution < -0.4 is 0 Å². The van der Waals surface area contributed by atoms with Crippen molar-refractivity contribution in [2.45, 2.75) is 0 Å². The van der Waals surface area contributed by atoms with Gasteiger partial charge in [-0.25, -0.2) is 0 Å². The molecular weight excluding hydrogens is 287 g/mol. The molecule has 3 rings (SSSR count). The molecule has 0 aliphatic carbocycles. The van der Waals surface area contributed by atoms with E-state index in [1.54, 1.807) is 6.07 Å². The molecule has 0 N–H and O–H groups in total. The topological polar surface area (TPSA) is 0 Å². The highest BCUT2D eigenvalue weighted by Crippen LogP contribution is 2.36. The number of rotatable bonds is 2. The van der Waals surface area contributed by atoms with Crippen LogP contribution in [0.4, 0.5) is 0 Å². The van der Waals surface area contributed by atoms with E-state index in [0.29, 0.717) is 10.0 Å². The van der Waals surface area contributed by atoms with Crippen molar-refractivity contribution < 1.29 is 0 Å². The molecule has 0 unspecified atom stereocenters. The average Bonchev–Trinajstić information content (AvgIpc) is 2.48. The maximum atomic E-state index is 6.33. The second-order valence-electron chi connectivity index (χ2n) is 4.46. The van der Waals surface area contributed by atoms with Crippen LogP contribution in [0.5, 0.6) is 0 Å². The second-order valence-corrected chi connectivity index (χ2v) is 5.31. The first-order chi connectivity index (χ1) is 9.75. The van der Waals surface area contributed by atoms with Gasteiger partial charge in [0.15, 0.2) is 0 Å². The third kappa shape index (κ3) is 2.58. The van der Waals surface area contributed by atoms with Crippen LogP contribution in [-0.4, -0.2) is 0 Å². The normalized spacial score (nSPS) is 10.5. The highest BCUT2D eigenvalue weighted by atomic mass is 35.5. The fourth-order valence-corrected chi connectivity index (χ4v) is 2.74. The van der Waals surface area contributed by atoms with Gasteiger partial charge in [0, 0.05) is 15.6 Å². The van der Waals surface area contributed by atoms with Crippen LogP contribution in [0.3, 0.4) is 0 Å². The molecule has 0 saturated carbocycles. The maximum Gasteiger partial charge on any atom is 0.0499 e. The van der Waals surface area contributed by atoms with Crippen LogP contribution >= 0.6 is 23.2 Å². The van der Waals surface area contributed by atoms with Gasteiger partial charge < -0.3 is 0 Å². The lowest BCUT2D eigenvalue weighted by atomic mass is 9.95. The Kier molecular flexibility index (Phi) is 3.77. The predicted octanol–water partition coefficient (Wildman–Crippen LogP) is 6.13. The Bertz CT molecular complexity index is 733. The maximum absolute atomic E-state index is 6.33. The summed E-state index contributed by atoms with van der Waals surface area (Å²) in [6.45, 7) is 0. The minimum Gasteiger partial charge on any atom is -0.0843 e. The molecule has 0 bridgehead atoms. The zero-order valence-electron chi connectivity index (χ0n) is 10.6. The van der Waals surface area contributed by atoms with E-state index < -0.39 is 0 Å². The van der Waals surface area contributed by atoms with Crippen LogP contribution in [-0.2, 0) is 0 Å². The lowest BCUT2D eigenvalue weighted by Crippen LogP contribution is -1.86. The molecule has 0 saturated heterocycles. The van der Waals surface area contributed by atoms with Crippen LogP contribution in [0, 0.1) is 6.07 Å². The SMILES string of the molecule is Clc1ccc(-c2c[c]ccc2-c2ccccc2)c(Cl)c1. The van der Waals surface area contributed by atoms with Gasteiger partial charge in [-0.15, -0.1) is 0 Å². The van der Waals surface area contributed by atoms with E-state index in [4.69, 9.17) is 23.2 Å². The summed E-state index contributed by atoms with van der Waals surface area (Å²) in [5.74, 6) is 0. The van der Waals surface area contributed by atoms with E-state index >= 15 is 0 Å². The molecule has 0 heterocycles. The van der Waals surface area contributed by atoms with Crippen molar-refractivity contribution in [2.75, 3.05) is 0 Å². The van der Waals surface area contributed by atoms with E-state index in [2.05, 4.69) is 24.3 Å². The van der Waals surface area contributed by atoms with Gasteiger partial charge in [0.1, 0.15) is 0 Å². The van der Waals surface area contributed by atoms with E-state index in [0.717, 1.165) is 22.3 Å². The molecule has 0 aromatic heterocycles. The zero-order chi connectivity index (χ0) is 13.9. The second kappa shape index (κ2) is 5.70. The van der Waals surface area contributed by atoms with Crippen LogP contribution in [0.2, 0.25) is 10.0 Å². The van der Waals surface area contributed by atoms with Gasteiger partial charge in [-0.05, 0) is 41.0 Å². The first kappa shape index (κ1) is 13.2. The van der Waals surface area contributed by atoms with Crippen molar-refractivity contribution in [3.05, 3.63) is 82.8 Å². The van der Waals surface area contributed by atoms with Gasteiger partial charge in [-0.2, -0.15) is 0 Å². The van der Waals surface area contributed by atoms with E-state index in [1.807, 2.05) is 42.5 Å². The minimum absolute atomic E-state index is 0.639. The van der Waals surface area contributed by atoms with Crippen molar-refractivity contribution in [2.24, 2.45) is 0 Å². The molecule has 2 heteroatoms. The summed E-state index contributed by atoms with van der Waals surface area (Å²) in [5.41, 5.74) is 4.31. The largest absolute Gasteiger partial charge is 0.0843 e. The Morgan fingerprint density at radius 3 is 2.30 bits per heavy atom. The minimum atomic E-state index is 0.639. The molecule has 1 radical (unpaired) electrons. The first-order valence-electron chi connectivity index (χ1n) is 6.26. The van der Waals surface area contributed by atoms with Gasteiger partial charge in [-0.1, -0.05) is 71.7 Å². The predicted molar refractivity (Wildman–Crippen MR) is 86.2 cm³/mol. The molecule has 0 aliphatic heterocycles. The van der Waals surface area contributed by atoms with Gasteiger partial charge >= 0.3 is 0 Å². The van der Waals surface area contributed by atoms with E-state index in [1.165, 1.54) is 0 Å². The lowest BCUT2D eigenvalue weighted by molar-refractivity contribution is 1.57. The number of hydrogen-bond donors (Lipinski definition) is 0. The Hall–Kier alpha value is -1.76. The highest BCUT2D eigenvalue weighted by Gasteiger charge is 2.10. The Balaban J connectivity index is 2.20. The molecule has 0 amide bonds. The summed E-state index contributed by atoms with van der Waals surface area (Å²) in [6, 6.07) is 24.8. The molecule has 3 aromatic carbocycles. The van der Waals surface area contributed by atoms with Crippen molar-refractivity contribution >= 4 is 23.2 Å². The monoisotopic (exact) mass is 297 g/mol. The van der Waals surface area contributed by atoms with Crippen LogP contribution in [0.25, 0.3) is 22.3 Å². The Morgan fingerprint density at radius 1 is 0.750 bits per heavy atom. The van der Waals surface area contributed by atoms with Crippen molar-refractivity contribution in [1.82, 2.24) is 0 Å². The highest BCUT2D eigenvalue weighted by molar-refractivity contribution is 6.36. The Morgan fingerprint density at radius 2 is 1.55 bits per heavy atom. The molecule has 0 aliphatic rings. The third-order valence-electron chi connectivity index (χ3n) is 3.17. The summed E-state index contributed by atoms with van der Waals surface area (Å²) in [6.07, 6.45) is 0. The standard InChI is InChI=1S/C18H11Cl2/c19-14-10-11-17(18(20)12-14)16-9-5-4-8-15(16)13-6-2-1-3-7-13/h1-4,6-12H. The summed E-state index contributed by atoms with van der Waals surface area (Å²) in [4.78, 5) is 0. The van der Waals surface area contributed by atoms with Gasteiger partial charge in [0.2, 0.25) is 0 Å². The summed E-state index contributed by atoms with van der Waals surface area (Å²) >= 11 is 12.3. The number of hydrogen-bond acceptors (Lipinski definition) is 0. The molecule has 20 heavy (non-hydrogen) atoms. The lowest BCUT2D eigenvalue weighted by Gasteiger charge is -2.11. The van der Waals surface area contributed by atoms with Crippen LogP contribution in [0.15, 0.2) is 66.7 Å². The molecule has 3 aromatic rings. The summed E-state index contributed by atoms with van der Waals surface area (Å²) in [5, 5.41) is 1.29. The average molecular weight is 298 g/mol. The number of halogens is 2. The molecule has 97 valence electrons. The number of benzene rings is 3. The molecule has 0 fully saturated rings. The third-order valence-corrected chi connectivity index (χ3v) is 3.72. The molecule has 0 nitrogen and oxygen atoms in total. The molecule has 0 spiro atoms. The van der Waals surface area contributed by atoms with E-state index in [9.17, 15) is 0 Å². The van der Waals surface area contributed by atoms with Crippen molar-refractivity contribution in [3.8, 4) is 22.3 Å². The van der Waals surface area contributed by atoms with Gasteiger partial charge in [0.05, 0.1) is 0 Å². The Labute approximate surface area is 128 Å². The van der Waals surface area contributed by atoms with Gasteiger partial charge in [0.25, 0.3) is 0 Å². The zero-order valence-corrected chi connectivity index (χ0v) is 12.1. The first-order valence-corrected chi connectivity index (χ1v) is 7.02. The fourth-order valence-electron chi connectivity index (χ4n) is 2.23. The van der Waals surface area contributed by atoms with Gasteiger partial charge in [-0.3, -0.25) is 0 Å². The summed E-state index contributed by atoms with van der Waals surface area (Å²) in [7, 11) is 0. The fraction of sp³-hybridized carbons (Fsp3) is 0. The van der Waals surface area contributed by atoms with Crippen molar-refractivity contribution in [1.29, 1.82) is 0 Å².